The van der Waals surface area contributed by atoms with Crippen molar-refractivity contribution in [1.29, 1.82) is 0 Å². The molecule has 0 aliphatic carbocycles. The summed E-state index contributed by atoms with van der Waals surface area (Å²) < 4.78 is 1.94. The third-order valence-corrected chi connectivity index (χ3v) is 3.77. The Kier molecular flexibility index (Phi) is 4.44. The lowest BCUT2D eigenvalue weighted by Gasteiger charge is -2.06. The maximum atomic E-state index is 12.1. The number of fused-ring (bicyclic) bond motifs is 1. The molecule has 1 N–H and O–H groups in total. The second kappa shape index (κ2) is 6.67. The zero-order valence-corrected chi connectivity index (χ0v) is 13.3. The average Bonchev–Trinajstić information content (AvgIpc) is 2.92. The van der Waals surface area contributed by atoms with Crippen LogP contribution in [0.4, 0.5) is 0 Å². The van der Waals surface area contributed by atoms with Crippen LogP contribution in [0.2, 0.25) is 5.02 Å². The van der Waals surface area contributed by atoms with E-state index in [1.807, 2.05) is 53.1 Å². The fourth-order valence-electron chi connectivity index (χ4n) is 2.45. The minimum atomic E-state index is -0.0641. The van der Waals surface area contributed by atoms with Gasteiger partial charge in [0.25, 0.3) is 0 Å². The van der Waals surface area contributed by atoms with E-state index in [0.29, 0.717) is 11.6 Å². The van der Waals surface area contributed by atoms with E-state index in [9.17, 15) is 4.79 Å². The molecule has 2 aromatic heterocycles. The fraction of sp³-hybridized carbons (Fsp3) is 0.111. The molecule has 3 aromatic rings. The monoisotopic (exact) mass is 325 g/mol. The first-order chi connectivity index (χ1) is 11.2. The van der Waals surface area contributed by atoms with Crippen molar-refractivity contribution in [2.24, 2.45) is 0 Å². The molecule has 4 nitrogen and oxygen atoms in total. The first-order valence-electron chi connectivity index (χ1n) is 7.28. The van der Waals surface area contributed by atoms with Crippen molar-refractivity contribution in [2.75, 3.05) is 6.54 Å². The normalized spacial score (nSPS) is 10.7. The molecule has 0 atom stereocenters. The third kappa shape index (κ3) is 3.27. The van der Waals surface area contributed by atoms with Gasteiger partial charge in [-0.15, -0.1) is 6.58 Å². The number of carbonyl (C=O) groups is 1. The van der Waals surface area contributed by atoms with E-state index in [1.165, 1.54) is 0 Å². The Labute approximate surface area is 139 Å². The van der Waals surface area contributed by atoms with Crippen molar-refractivity contribution in [3.8, 4) is 11.3 Å². The number of nitrogens with zero attached hydrogens (tertiary/aromatic N) is 2. The summed E-state index contributed by atoms with van der Waals surface area (Å²) in [7, 11) is 0. The molecule has 2 heterocycles. The summed E-state index contributed by atoms with van der Waals surface area (Å²) in [6, 6.07) is 13.2. The van der Waals surface area contributed by atoms with Crippen LogP contribution in [0.5, 0.6) is 0 Å². The lowest BCUT2D eigenvalue weighted by molar-refractivity contribution is -0.120. The SMILES string of the molecule is C=CCNC(=O)Cc1c(-c2ccc(Cl)cc2)nc2ccccn12. The smallest absolute Gasteiger partial charge is 0.226 e. The molecule has 23 heavy (non-hydrogen) atoms. The van der Waals surface area contributed by atoms with E-state index in [0.717, 1.165) is 22.6 Å². The predicted molar refractivity (Wildman–Crippen MR) is 92.5 cm³/mol. The van der Waals surface area contributed by atoms with Crippen LogP contribution in [0.25, 0.3) is 16.9 Å². The highest BCUT2D eigenvalue weighted by Crippen LogP contribution is 2.26. The van der Waals surface area contributed by atoms with Crippen LogP contribution in [0.15, 0.2) is 61.3 Å². The molecule has 0 saturated heterocycles. The van der Waals surface area contributed by atoms with Crippen LogP contribution in [-0.2, 0) is 11.2 Å². The molecule has 0 radical (unpaired) electrons. The highest BCUT2D eigenvalue weighted by molar-refractivity contribution is 6.30. The van der Waals surface area contributed by atoms with E-state index in [2.05, 4.69) is 16.9 Å². The summed E-state index contributed by atoms with van der Waals surface area (Å²) in [5.41, 5.74) is 3.39. The van der Waals surface area contributed by atoms with Crippen LogP contribution in [0.1, 0.15) is 5.69 Å². The van der Waals surface area contributed by atoms with Gasteiger partial charge in [0, 0.05) is 23.3 Å². The molecular formula is C18H16ClN3O. The van der Waals surface area contributed by atoms with E-state index < -0.39 is 0 Å². The van der Waals surface area contributed by atoms with Crippen molar-refractivity contribution >= 4 is 23.2 Å². The maximum absolute atomic E-state index is 12.1. The van der Waals surface area contributed by atoms with Gasteiger partial charge in [-0.1, -0.05) is 35.9 Å². The van der Waals surface area contributed by atoms with Gasteiger partial charge in [0.05, 0.1) is 17.8 Å². The average molecular weight is 326 g/mol. The summed E-state index contributed by atoms with van der Waals surface area (Å²) in [5.74, 6) is -0.0641. The number of pyridine rings is 1. The molecule has 0 bridgehead atoms. The molecule has 1 aromatic carbocycles. The largest absolute Gasteiger partial charge is 0.352 e. The number of aromatic nitrogens is 2. The number of hydrogen-bond acceptors (Lipinski definition) is 2. The van der Waals surface area contributed by atoms with Crippen LogP contribution in [0, 0.1) is 0 Å². The van der Waals surface area contributed by atoms with Gasteiger partial charge in [-0.2, -0.15) is 0 Å². The number of rotatable bonds is 5. The summed E-state index contributed by atoms with van der Waals surface area (Å²) >= 11 is 5.96. The zero-order valence-electron chi connectivity index (χ0n) is 12.5. The van der Waals surface area contributed by atoms with E-state index in [1.54, 1.807) is 6.08 Å². The van der Waals surface area contributed by atoms with Gasteiger partial charge in [-0.25, -0.2) is 4.98 Å². The Bertz CT molecular complexity index is 852. The molecule has 0 spiro atoms. The Morgan fingerprint density at radius 2 is 2.04 bits per heavy atom. The first kappa shape index (κ1) is 15.3. The number of halogens is 1. The minimum absolute atomic E-state index is 0.0641. The lowest BCUT2D eigenvalue weighted by Crippen LogP contribution is -2.25. The molecule has 0 aliphatic rings. The van der Waals surface area contributed by atoms with Crippen molar-refractivity contribution < 1.29 is 4.79 Å². The molecule has 5 heteroatoms. The molecule has 0 fully saturated rings. The van der Waals surface area contributed by atoms with Gasteiger partial charge >= 0.3 is 0 Å². The summed E-state index contributed by atoms with van der Waals surface area (Å²) in [6.45, 7) is 4.06. The summed E-state index contributed by atoms with van der Waals surface area (Å²) in [5, 5.41) is 3.47. The molecule has 0 aliphatic heterocycles. The van der Waals surface area contributed by atoms with Crippen molar-refractivity contribution in [3.05, 3.63) is 72.0 Å². The topological polar surface area (TPSA) is 46.4 Å². The van der Waals surface area contributed by atoms with Gasteiger partial charge in [-0.3, -0.25) is 4.79 Å². The van der Waals surface area contributed by atoms with Crippen LogP contribution >= 0.6 is 11.6 Å². The van der Waals surface area contributed by atoms with Gasteiger partial charge in [0.15, 0.2) is 0 Å². The Hall–Kier alpha value is -2.59. The number of nitrogens with one attached hydrogen (secondary N) is 1. The van der Waals surface area contributed by atoms with Gasteiger partial charge in [0.1, 0.15) is 5.65 Å². The maximum Gasteiger partial charge on any atom is 0.226 e. The molecular weight excluding hydrogens is 310 g/mol. The van der Waals surface area contributed by atoms with Crippen molar-refractivity contribution in [3.63, 3.8) is 0 Å². The van der Waals surface area contributed by atoms with Gasteiger partial charge < -0.3 is 9.72 Å². The number of imidazole rings is 1. The molecule has 1 amide bonds. The summed E-state index contributed by atoms with van der Waals surface area (Å²) in [4.78, 5) is 16.8. The summed E-state index contributed by atoms with van der Waals surface area (Å²) in [6.07, 6.45) is 3.82. The number of hydrogen-bond donors (Lipinski definition) is 1. The van der Waals surface area contributed by atoms with Crippen molar-refractivity contribution in [2.45, 2.75) is 6.42 Å². The number of amides is 1. The van der Waals surface area contributed by atoms with Crippen molar-refractivity contribution in [1.82, 2.24) is 14.7 Å². The second-order valence-corrected chi connectivity index (χ2v) is 5.55. The quantitative estimate of drug-likeness (QED) is 0.730. The molecule has 0 saturated carbocycles. The molecule has 0 unspecified atom stereocenters. The second-order valence-electron chi connectivity index (χ2n) is 5.11. The Balaban J connectivity index is 2.05. The standard InChI is InChI=1S/C18H16ClN3O/c1-2-10-20-17(23)12-15-18(13-6-8-14(19)9-7-13)21-16-5-3-4-11-22(15)16/h2-9,11H,1,10,12H2,(H,20,23). The van der Waals surface area contributed by atoms with Gasteiger partial charge in [0.2, 0.25) is 5.91 Å². The Morgan fingerprint density at radius 3 is 2.78 bits per heavy atom. The number of benzene rings is 1. The first-order valence-corrected chi connectivity index (χ1v) is 7.66. The minimum Gasteiger partial charge on any atom is -0.352 e. The molecule has 116 valence electrons. The highest BCUT2D eigenvalue weighted by Gasteiger charge is 2.16. The van der Waals surface area contributed by atoms with Crippen LogP contribution in [-0.4, -0.2) is 21.8 Å². The Morgan fingerprint density at radius 1 is 1.26 bits per heavy atom. The molecule has 3 rings (SSSR count). The fourth-order valence-corrected chi connectivity index (χ4v) is 2.58. The third-order valence-electron chi connectivity index (χ3n) is 3.52. The van der Waals surface area contributed by atoms with Gasteiger partial charge in [-0.05, 0) is 24.3 Å². The van der Waals surface area contributed by atoms with Crippen LogP contribution < -0.4 is 5.32 Å². The lowest BCUT2D eigenvalue weighted by atomic mass is 10.1. The van der Waals surface area contributed by atoms with E-state index >= 15 is 0 Å². The predicted octanol–water partition coefficient (Wildman–Crippen LogP) is 3.50. The van der Waals surface area contributed by atoms with Crippen LogP contribution in [0.3, 0.4) is 0 Å². The van der Waals surface area contributed by atoms with E-state index in [-0.39, 0.29) is 12.3 Å². The number of carbonyl (C=O) groups excluding carboxylic acids is 1. The van der Waals surface area contributed by atoms with E-state index in [4.69, 9.17) is 11.6 Å². The highest BCUT2D eigenvalue weighted by atomic mass is 35.5. The zero-order chi connectivity index (χ0) is 16.2.